The molecule has 1 saturated carbocycles. The Labute approximate surface area is 218 Å². The normalized spacial score (nSPS) is 20.0. The highest BCUT2D eigenvalue weighted by Crippen LogP contribution is 2.45. The van der Waals surface area contributed by atoms with E-state index in [4.69, 9.17) is 9.47 Å². The molecular weight excluding hydrogens is 501 g/mol. The van der Waals surface area contributed by atoms with E-state index in [0.29, 0.717) is 30.7 Å². The number of nitrogens with one attached hydrogen (secondary N) is 1. The number of halogens is 1. The van der Waals surface area contributed by atoms with Crippen LogP contribution < -0.4 is 10.2 Å². The Morgan fingerprint density at radius 1 is 1.22 bits per heavy atom. The summed E-state index contributed by atoms with van der Waals surface area (Å²) in [5.74, 6) is -1.23. The van der Waals surface area contributed by atoms with Crippen molar-refractivity contribution in [2.75, 3.05) is 24.7 Å². The lowest BCUT2D eigenvalue weighted by atomic mass is 9.66. The molecule has 1 aliphatic carbocycles. The Balaban J connectivity index is 1.56. The van der Waals surface area contributed by atoms with Crippen molar-refractivity contribution in [3.63, 3.8) is 0 Å². The van der Waals surface area contributed by atoms with Gasteiger partial charge in [0.05, 0.1) is 24.6 Å². The van der Waals surface area contributed by atoms with Crippen molar-refractivity contribution in [1.82, 2.24) is 20.5 Å². The maximum atomic E-state index is 14.7. The van der Waals surface area contributed by atoms with Gasteiger partial charge in [-0.2, -0.15) is 5.10 Å². The van der Waals surface area contributed by atoms with Crippen LogP contribution in [-0.4, -0.2) is 58.2 Å². The van der Waals surface area contributed by atoms with Gasteiger partial charge in [-0.15, -0.1) is 16.9 Å². The van der Waals surface area contributed by atoms with Crippen LogP contribution in [0.1, 0.15) is 62.7 Å². The molecule has 0 bridgehead atoms. The predicted octanol–water partition coefficient (Wildman–Crippen LogP) is 3.67. The SMILES string of the molecule is CCCCOC(=O)N(CC1(c2ncccc2F)CCC1)c1ccc(C2NC(=O)C(C(=O)OCC)S2)nn1. The highest BCUT2D eigenvalue weighted by molar-refractivity contribution is 8.02. The van der Waals surface area contributed by atoms with Crippen molar-refractivity contribution >= 4 is 35.5 Å². The van der Waals surface area contributed by atoms with E-state index >= 15 is 0 Å². The minimum atomic E-state index is -0.983. The van der Waals surface area contributed by atoms with E-state index in [9.17, 15) is 18.8 Å². The zero-order chi connectivity index (χ0) is 26.4. The average molecular weight is 532 g/mol. The highest BCUT2D eigenvalue weighted by Gasteiger charge is 2.45. The highest BCUT2D eigenvalue weighted by atomic mass is 32.2. The maximum Gasteiger partial charge on any atom is 0.415 e. The standard InChI is InChI=1S/C25H30FN5O5S/c1-3-5-14-36-24(34)31(15-25(11-7-12-25)20-16(26)8-6-13-27-20)18-10-9-17(29-30-18)22-28-21(32)19(37-22)23(33)35-4-2/h6,8-10,13,19,22H,3-5,7,11-12,14-15H2,1-2H3,(H,28,32). The quantitative estimate of drug-likeness (QED) is 0.278. The molecule has 1 N–H and O–H groups in total. The van der Waals surface area contributed by atoms with Crippen LogP contribution in [0.15, 0.2) is 30.5 Å². The molecule has 1 saturated heterocycles. The molecule has 2 aliphatic rings. The van der Waals surface area contributed by atoms with Crippen LogP contribution in [0.2, 0.25) is 0 Å². The zero-order valence-corrected chi connectivity index (χ0v) is 21.6. The first-order valence-corrected chi connectivity index (χ1v) is 13.3. The van der Waals surface area contributed by atoms with E-state index in [-0.39, 0.29) is 25.6 Å². The van der Waals surface area contributed by atoms with E-state index in [1.54, 1.807) is 31.3 Å². The fraction of sp³-hybridized carbons (Fsp3) is 0.520. The summed E-state index contributed by atoms with van der Waals surface area (Å²) >= 11 is 1.08. The van der Waals surface area contributed by atoms with E-state index in [0.717, 1.165) is 24.6 Å². The van der Waals surface area contributed by atoms with Gasteiger partial charge in [0.2, 0.25) is 5.91 Å². The van der Waals surface area contributed by atoms with Crippen LogP contribution in [0.5, 0.6) is 0 Å². The monoisotopic (exact) mass is 531 g/mol. The van der Waals surface area contributed by atoms with Gasteiger partial charge in [-0.25, -0.2) is 9.18 Å². The zero-order valence-electron chi connectivity index (χ0n) is 20.8. The summed E-state index contributed by atoms with van der Waals surface area (Å²) < 4.78 is 25.1. The number of hydrogen-bond donors (Lipinski definition) is 1. The number of thioether (sulfide) groups is 1. The number of hydrogen-bond acceptors (Lipinski definition) is 9. The molecule has 2 aromatic rings. The number of amides is 2. The molecule has 12 heteroatoms. The minimum Gasteiger partial charge on any atom is -0.465 e. The van der Waals surface area contributed by atoms with Crippen molar-refractivity contribution in [3.05, 3.63) is 47.7 Å². The van der Waals surface area contributed by atoms with Crippen LogP contribution in [-0.2, 0) is 24.5 Å². The number of carbonyl (C=O) groups excluding carboxylic acids is 3. The third-order valence-corrected chi connectivity index (χ3v) is 7.79. The first kappa shape index (κ1) is 26.8. The summed E-state index contributed by atoms with van der Waals surface area (Å²) in [7, 11) is 0. The molecule has 2 atom stereocenters. The molecule has 1 aliphatic heterocycles. The lowest BCUT2D eigenvalue weighted by Crippen LogP contribution is -2.49. The molecule has 0 spiro atoms. The summed E-state index contributed by atoms with van der Waals surface area (Å²) in [6.07, 6.45) is 4.76. The molecule has 0 aromatic carbocycles. The third kappa shape index (κ3) is 5.84. The van der Waals surface area contributed by atoms with Crippen molar-refractivity contribution < 1.29 is 28.2 Å². The summed E-state index contributed by atoms with van der Waals surface area (Å²) in [4.78, 5) is 43.1. The van der Waals surface area contributed by atoms with Crippen molar-refractivity contribution in [1.29, 1.82) is 0 Å². The molecular formula is C25H30FN5O5S. The lowest BCUT2D eigenvalue weighted by Gasteiger charge is -2.43. The molecule has 37 heavy (non-hydrogen) atoms. The van der Waals surface area contributed by atoms with E-state index < -0.39 is 39.8 Å². The second kappa shape index (κ2) is 11.8. The smallest absolute Gasteiger partial charge is 0.415 e. The van der Waals surface area contributed by atoms with Crippen LogP contribution in [0.4, 0.5) is 15.0 Å². The van der Waals surface area contributed by atoms with Crippen LogP contribution >= 0.6 is 11.8 Å². The number of pyridine rings is 1. The van der Waals surface area contributed by atoms with Crippen LogP contribution in [0, 0.1) is 5.82 Å². The minimum absolute atomic E-state index is 0.139. The van der Waals surface area contributed by atoms with Crippen molar-refractivity contribution in [2.24, 2.45) is 0 Å². The van der Waals surface area contributed by atoms with Gasteiger partial charge >= 0.3 is 12.1 Å². The van der Waals surface area contributed by atoms with Gasteiger partial charge in [0.25, 0.3) is 0 Å². The first-order valence-electron chi connectivity index (χ1n) is 12.4. The van der Waals surface area contributed by atoms with Crippen molar-refractivity contribution in [2.45, 2.75) is 62.0 Å². The number of ether oxygens (including phenoxy) is 2. The summed E-state index contributed by atoms with van der Waals surface area (Å²) in [5.41, 5.74) is 0.0898. The third-order valence-electron chi connectivity index (χ3n) is 6.48. The molecule has 2 unspecified atom stereocenters. The second-order valence-electron chi connectivity index (χ2n) is 8.99. The number of carbonyl (C=O) groups is 3. The molecule has 198 valence electrons. The number of rotatable bonds is 10. The van der Waals surface area contributed by atoms with E-state index in [1.807, 2.05) is 6.92 Å². The van der Waals surface area contributed by atoms with Crippen LogP contribution in [0.3, 0.4) is 0 Å². The number of aromatic nitrogens is 3. The van der Waals surface area contributed by atoms with Gasteiger partial charge in [-0.1, -0.05) is 19.8 Å². The molecule has 4 rings (SSSR count). The van der Waals surface area contributed by atoms with Crippen LogP contribution in [0.25, 0.3) is 0 Å². The summed E-state index contributed by atoms with van der Waals surface area (Å²) in [6.45, 7) is 4.24. The number of nitrogens with zero attached hydrogens (tertiary/aromatic N) is 4. The fourth-order valence-corrected chi connectivity index (χ4v) is 5.45. The van der Waals surface area contributed by atoms with Gasteiger partial charge < -0.3 is 14.8 Å². The molecule has 2 amide bonds. The van der Waals surface area contributed by atoms with Gasteiger partial charge in [0.15, 0.2) is 11.1 Å². The van der Waals surface area contributed by atoms with Crippen molar-refractivity contribution in [3.8, 4) is 0 Å². The number of esters is 1. The van der Waals surface area contributed by atoms with E-state index in [2.05, 4.69) is 20.5 Å². The summed E-state index contributed by atoms with van der Waals surface area (Å²) in [5, 5.41) is 9.61. The summed E-state index contributed by atoms with van der Waals surface area (Å²) in [6, 6.07) is 6.15. The number of anilines is 1. The van der Waals surface area contributed by atoms with Gasteiger partial charge in [0.1, 0.15) is 11.2 Å². The first-order chi connectivity index (χ1) is 17.9. The largest absolute Gasteiger partial charge is 0.465 e. The van der Waals surface area contributed by atoms with Gasteiger partial charge in [0, 0.05) is 18.2 Å². The maximum absolute atomic E-state index is 14.7. The molecule has 2 fully saturated rings. The topological polar surface area (TPSA) is 124 Å². The Kier molecular flexibility index (Phi) is 8.57. The Morgan fingerprint density at radius 3 is 2.65 bits per heavy atom. The van der Waals surface area contributed by atoms with E-state index in [1.165, 1.54) is 11.0 Å². The Bertz CT molecular complexity index is 1130. The molecule has 0 radical (unpaired) electrons. The Morgan fingerprint density at radius 2 is 2.03 bits per heavy atom. The number of unbranched alkanes of at least 4 members (excludes halogenated alkanes) is 1. The fourth-order valence-electron chi connectivity index (χ4n) is 4.35. The molecule has 2 aromatic heterocycles. The predicted molar refractivity (Wildman–Crippen MR) is 134 cm³/mol. The van der Waals surface area contributed by atoms with Gasteiger partial charge in [-0.05, 0) is 50.5 Å². The van der Waals surface area contributed by atoms with Gasteiger partial charge in [-0.3, -0.25) is 19.5 Å². The Hall–Kier alpha value is -3.28. The second-order valence-corrected chi connectivity index (χ2v) is 10.2. The average Bonchev–Trinajstić information content (AvgIpc) is 3.26. The molecule has 3 heterocycles. The molecule has 10 nitrogen and oxygen atoms in total. The lowest BCUT2D eigenvalue weighted by molar-refractivity contribution is -0.144.